The van der Waals surface area contributed by atoms with Gasteiger partial charge < -0.3 is 19.2 Å². The van der Waals surface area contributed by atoms with Gasteiger partial charge in [0.25, 0.3) is 0 Å². The Labute approximate surface area is 167 Å². The second kappa shape index (κ2) is 7.12. The molecule has 0 radical (unpaired) electrons. The highest BCUT2D eigenvalue weighted by Crippen LogP contribution is 2.41. The van der Waals surface area contributed by atoms with E-state index < -0.39 is 5.41 Å². The number of H-pyrrole nitrogens is 1. The number of rotatable bonds is 5. The molecule has 8 heteroatoms. The van der Waals surface area contributed by atoms with Gasteiger partial charge in [0.1, 0.15) is 5.82 Å². The lowest BCUT2D eigenvalue weighted by atomic mass is 9.79. The average Bonchev–Trinajstić information content (AvgIpc) is 3.15. The molecule has 2 heterocycles. The van der Waals surface area contributed by atoms with Crippen molar-refractivity contribution in [3.05, 3.63) is 35.9 Å². The summed E-state index contributed by atoms with van der Waals surface area (Å²) in [6, 6.07) is 9.62. The highest BCUT2D eigenvalue weighted by molar-refractivity contribution is 5.90. The van der Waals surface area contributed by atoms with Crippen molar-refractivity contribution in [3.63, 3.8) is 0 Å². The highest BCUT2D eigenvalue weighted by Gasteiger charge is 2.31. The number of nitrogens with zero attached hydrogens (tertiary/aromatic N) is 2. The zero-order chi connectivity index (χ0) is 20.6. The smallest absolute Gasteiger partial charge is 0.241 e. The summed E-state index contributed by atoms with van der Waals surface area (Å²) in [5.41, 5.74) is 5.50. The molecule has 1 aliphatic rings. The number of amides is 1. The Hall–Kier alpha value is -3.55. The fourth-order valence-electron chi connectivity index (χ4n) is 3.56. The van der Waals surface area contributed by atoms with Crippen LogP contribution in [0.5, 0.6) is 17.2 Å². The Bertz CT molecular complexity index is 1100. The summed E-state index contributed by atoms with van der Waals surface area (Å²) in [6.45, 7) is 1.99. The number of carbonyl (C=O) groups is 1. The maximum atomic E-state index is 11.8. The molecule has 150 valence electrons. The Kier molecular flexibility index (Phi) is 4.62. The molecule has 0 spiro atoms. The van der Waals surface area contributed by atoms with Crippen molar-refractivity contribution in [1.82, 2.24) is 15.4 Å². The van der Waals surface area contributed by atoms with Gasteiger partial charge >= 0.3 is 0 Å². The van der Waals surface area contributed by atoms with E-state index in [1.807, 2.05) is 37.3 Å². The predicted octanol–water partition coefficient (Wildman–Crippen LogP) is 3.02. The SMILES string of the molecule is COc1cc(-c2nc3ccc(C4(C)C=NNC(=O)C4)cc3[nH]2)cc(OC)c1OC. The van der Waals surface area contributed by atoms with Gasteiger partial charge in [-0.25, -0.2) is 10.4 Å². The Morgan fingerprint density at radius 3 is 2.38 bits per heavy atom. The third-order valence-corrected chi connectivity index (χ3v) is 5.15. The molecule has 1 aliphatic heterocycles. The first-order chi connectivity index (χ1) is 14.0. The molecule has 0 saturated heterocycles. The lowest BCUT2D eigenvalue weighted by Crippen LogP contribution is -2.37. The summed E-state index contributed by atoms with van der Waals surface area (Å²) in [5, 5.41) is 3.99. The molecule has 1 amide bonds. The van der Waals surface area contributed by atoms with E-state index in [-0.39, 0.29) is 5.91 Å². The van der Waals surface area contributed by atoms with Crippen molar-refractivity contribution in [3.8, 4) is 28.6 Å². The standard InChI is InChI=1S/C21H22N4O4/c1-21(10-18(26)25-22-11-21)13-5-6-14-15(9-13)24-20(23-14)12-7-16(27-2)19(29-4)17(8-12)28-3/h5-9,11H,10H2,1-4H3,(H,23,24)(H,25,26). The van der Waals surface area contributed by atoms with Gasteiger partial charge in [-0.05, 0) is 36.8 Å². The van der Waals surface area contributed by atoms with E-state index in [9.17, 15) is 4.79 Å². The van der Waals surface area contributed by atoms with Crippen molar-refractivity contribution in [2.75, 3.05) is 21.3 Å². The number of aromatic amines is 1. The molecule has 2 N–H and O–H groups in total. The number of hydrogen-bond donors (Lipinski definition) is 2. The third kappa shape index (κ3) is 3.26. The van der Waals surface area contributed by atoms with Crippen LogP contribution >= 0.6 is 0 Å². The summed E-state index contributed by atoms with van der Waals surface area (Å²) in [6.07, 6.45) is 2.11. The van der Waals surface area contributed by atoms with Gasteiger partial charge in [-0.2, -0.15) is 5.10 Å². The first-order valence-electron chi connectivity index (χ1n) is 9.11. The molecule has 1 atom stereocenters. The van der Waals surface area contributed by atoms with E-state index in [1.165, 1.54) is 0 Å². The van der Waals surface area contributed by atoms with Gasteiger partial charge in [-0.1, -0.05) is 6.07 Å². The minimum absolute atomic E-state index is 0.0992. The molecule has 8 nitrogen and oxygen atoms in total. The van der Waals surface area contributed by atoms with Crippen LogP contribution in [0.3, 0.4) is 0 Å². The molecule has 0 fully saturated rings. The summed E-state index contributed by atoms with van der Waals surface area (Å²) in [4.78, 5) is 19.8. The van der Waals surface area contributed by atoms with E-state index in [1.54, 1.807) is 27.5 Å². The number of nitrogens with one attached hydrogen (secondary N) is 2. The summed E-state index contributed by atoms with van der Waals surface area (Å²) in [7, 11) is 4.72. The predicted molar refractivity (Wildman–Crippen MR) is 110 cm³/mol. The number of ether oxygens (including phenoxy) is 3. The van der Waals surface area contributed by atoms with Crippen LogP contribution in [0, 0.1) is 0 Å². The van der Waals surface area contributed by atoms with Crippen LogP contribution in [-0.4, -0.2) is 43.4 Å². The lowest BCUT2D eigenvalue weighted by Gasteiger charge is -2.27. The molecule has 3 aromatic rings. The van der Waals surface area contributed by atoms with E-state index in [2.05, 4.69) is 15.5 Å². The van der Waals surface area contributed by atoms with Crippen molar-refractivity contribution in [2.24, 2.45) is 5.10 Å². The van der Waals surface area contributed by atoms with Crippen LogP contribution in [0.1, 0.15) is 18.9 Å². The number of hydrazone groups is 1. The molecule has 1 aromatic heterocycles. The third-order valence-electron chi connectivity index (χ3n) is 5.15. The van der Waals surface area contributed by atoms with E-state index in [0.717, 1.165) is 22.2 Å². The second-order valence-corrected chi connectivity index (χ2v) is 7.12. The number of hydrogen-bond acceptors (Lipinski definition) is 6. The zero-order valence-corrected chi connectivity index (χ0v) is 16.7. The maximum absolute atomic E-state index is 11.8. The van der Waals surface area contributed by atoms with Gasteiger partial charge in [-0.15, -0.1) is 0 Å². The number of carbonyl (C=O) groups excluding carboxylic acids is 1. The van der Waals surface area contributed by atoms with E-state index in [4.69, 9.17) is 19.2 Å². The monoisotopic (exact) mass is 394 g/mol. The number of fused-ring (bicyclic) bond motifs is 1. The molecule has 4 rings (SSSR count). The molecule has 0 aliphatic carbocycles. The molecule has 1 unspecified atom stereocenters. The molecule has 0 saturated carbocycles. The number of methoxy groups -OCH3 is 3. The zero-order valence-electron chi connectivity index (χ0n) is 16.7. The molecule has 0 bridgehead atoms. The van der Waals surface area contributed by atoms with Crippen molar-refractivity contribution in [2.45, 2.75) is 18.8 Å². The fourth-order valence-corrected chi connectivity index (χ4v) is 3.56. The average molecular weight is 394 g/mol. The Morgan fingerprint density at radius 2 is 1.76 bits per heavy atom. The number of aromatic nitrogens is 2. The van der Waals surface area contributed by atoms with E-state index >= 15 is 0 Å². The highest BCUT2D eigenvalue weighted by atomic mass is 16.5. The van der Waals surface area contributed by atoms with Crippen LogP contribution in [0.25, 0.3) is 22.4 Å². The van der Waals surface area contributed by atoms with Gasteiger partial charge in [0, 0.05) is 23.6 Å². The Morgan fingerprint density at radius 1 is 1.03 bits per heavy atom. The van der Waals surface area contributed by atoms with Crippen LogP contribution < -0.4 is 19.6 Å². The van der Waals surface area contributed by atoms with Crippen LogP contribution in [0.4, 0.5) is 0 Å². The molecule has 2 aromatic carbocycles. The molecular weight excluding hydrogens is 372 g/mol. The minimum Gasteiger partial charge on any atom is -0.493 e. The van der Waals surface area contributed by atoms with Crippen LogP contribution in [-0.2, 0) is 10.2 Å². The quantitative estimate of drug-likeness (QED) is 0.693. The van der Waals surface area contributed by atoms with Crippen molar-refractivity contribution >= 4 is 23.2 Å². The van der Waals surface area contributed by atoms with Crippen molar-refractivity contribution in [1.29, 1.82) is 0 Å². The largest absolute Gasteiger partial charge is 0.493 e. The summed E-state index contributed by atoms with van der Waals surface area (Å²) in [5.74, 6) is 2.22. The van der Waals surface area contributed by atoms with Gasteiger partial charge in [-0.3, -0.25) is 4.79 Å². The van der Waals surface area contributed by atoms with E-state index in [0.29, 0.717) is 29.5 Å². The van der Waals surface area contributed by atoms with Gasteiger partial charge in [0.2, 0.25) is 11.7 Å². The first-order valence-corrected chi connectivity index (χ1v) is 9.11. The molecule has 29 heavy (non-hydrogen) atoms. The summed E-state index contributed by atoms with van der Waals surface area (Å²) < 4.78 is 16.3. The fraction of sp³-hybridized carbons (Fsp3) is 0.286. The van der Waals surface area contributed by atoms with Crippen LogP contribution in [0.15, 0.2) is 35.4 Å². The number of imidazole rings is 1. The van der Waals surface area contributed by atoms with Crippen LogP contribution in [0.2, 0.25) is 0 Å². The summed E-state index contributed by atoms with van der Waals surface area (Å²) >= 11 is 0. The lowest BCUT2D eigenvalue weighted by molar-refractivity contribution is -0.122. The minimum atomic E-state index is -0.464. The molecular formula is C21H22N4O4. The van der Waals surface area contributed by atoms with Crippen molar-refractivity contribution < 1.29 is 19.0 Å². The van der Waals surface area contributed by atoms with Gasteiger partial charge in [0.15, 0.2) is 11.5 Å². The second-order valence-electron chi connectivity index (χ2n) is 7.12. The normalized spacial score (nSPS) is 18.6. The van der Waals surface area contributed by atoms with Gasteiger partial charge in [0.05, 0.1) is 32.4 Å². The topological polar surface area (TPSA) is 97.8 Å². The first kappa shape index (κ1) is 18.8. The Balaban J connectivity index is 1.78. The maximum Gasteiger partial charge on any atom is 0.241 e. The number of benzene rings is 2.